The minimum Gasteiger partial charge on any atom is -0.338 e. The first-order valence-electron chi connectivity index (χ1n) is 7.98. The summed E-state index contributed by atoms with van der Waals surface area (Å²) in [6.45, 7) is 1.03. The summed E-state index contributed by atoms with van der Waals surface area (Å²) in [6.07, 6.45) is 1.73. The molecule has 1 N–H and O–H groups in total. The zero-order valence-corrected chi connectivity index (χ0v) is 13.3. The fourth-order valence-corrected chi connectivity index (χ4v) is 3.21. The van der Waals surface area contributed by atoms with Gasteiger partial charge >= 0.3 is 11.7 Å². The molecule has 0 spiro atoms. The van der Waals surface area contributed by atoms with Crippen molar-refractivity contribution in [2.75, 3.05) is 19.6 Å². The third-order valence-corrected chi connectivity index (χ3v) is 4.55. The van der Waals surface area contributed by atoms with Crippen LogP contribution in [0.15, 0.2) is 29.2 Å². The summed E-state index contributed by atoms with van der Waals surface area (Å²) in [5.41, 5.74) is 0.226. The van der Waals surface area contributed by atoms with Crippen LogP contribution in [0.3, 0.4) is 0 Å². The van der Waals surface area contributed by atoms with Crippen molar-refractivity contribution < 1.29 is 14.4 Å². The summed E-state index contributed by atoms with van der Waals surface area (Å²) in [5.74, 6) is -0.546. The van der Waals surface area contributed by atoms with E-state index in [1.165, 1.54) is 14.0 Å². The average molecular weight is 344 g/mol. The van der Waals surface area contributed by atoms with E-state index >= 15 is 0 Å². The molecule has 0 radical (unpaired) electrons. The van der Waals surface area contributed by atoms with E-state index in [0.29, 0.717) is 18.7 Å². The number of carbonyl (C=O) groups excluding carboxylic acids is 3. The van der Waals surface area contributed by atoms with Gasteiger partial charge in [-0.2, -0.15) is 0 Å². The van der Waals surface area contributed by atoms with E-state index in [2.05, 4.69) is 10.4 Å². The number of aryl methyl sites for hydroxylation is 1. The molecule has 0 saturated carbocycles. The maximum Gasteiger partial charge on any atom is 0.350 e. The van der Waals surface area contributed by atoms with Gasteiger partial charge in [-0.15, -0.1) is 5.10 Å². The molecular formula is C15H16N6O4. The molecule has 4 rings (SSSR count). The summed E-state index contributed by atoms with van der Waals surface area (Å²) in [4.78, 5) is 50.9. The Balaban J connectivity index is 1.42. The highest BCUT2D eigenvalue weighted by molar-refractivity contribution is 6.04. The van der Waals surface area contributed by atoms with E-state index in [-0.39, 0.29) is 37.0 Å². The molecular weight excluding hydrogens is 328 g/mol. The highest BCUT2D eigenvalue weighted by Gasteiger charge is 2.42. The van der Waals surface area contributed by atoms with Gasteiger partial charge in [0.25, 0.3) is 5.91 Å². The number of fused-ring (bicyclic) bond motifs is 2. The van der Waals surface area contributed by atoms with E-state index in [0.717, 1.165) is 0 Å². The summed E-state index contributed by atoms with van der Waals surface area (Å²) >= 11 is 0. The Bertz CT molecular complexity index is 931. The van der Waals surface area contributed by atoms with Crippen LogP contribution < -0.4 is 11.0 Å². The molecule has 4 heterocycles. The second-order valence-electron chi connectivity index (χ2n) is 6.03. The fraction of sp³-hybridized carbons (Fsp3) is 0.400. The zero-order chi connectivity index (χ0) is 17.6. The van der Waals surface area contributed by atoms with Gasteiger partial charge in [-0.05, 0) is 12.1 Å². The minimum atomic E-state index is -0.622. The summed E-state index contributed by atoms with van der Waals surface area (Å²) < 4.78 is 2.67. The quantitative estimate of drug-likeness (QED) is 0.693. The lowest BCUT2D eigenvalue weighted by molar-refractivity contribution is -0.135. The Morgan fingerprint density at radius 2 is 2.08 bits per heavy atom. The van der Waals surface area contributed by atoms with Crippen LogP contribution in [0, 0.1) is 0 Å². The highest BCUT2D eigenvalue weighted by Crippen LogP contribution is 2.16. The van der Waals surface area contributed by atoms with Gasteiger partial charge in [0.05, 0.1) is 13.1 Å². The molecule has 2 aromatic rings. The van der Waals surface area contributed by atoms with Crippen molar-refractivity contribution in [1.29, 1.82) is 0 Å². The monoisotopic (exact) mass is 344 g/mol. The highest BCUT2D eigenvalue weighted by atomic mass is 16.2. The van der Waals surface area contributed by atoms with Gasteiger partial charge in [-0.25, -0.2) is 14.3 Å². The number of rotatable bonds is 3. The van der Waals surface area contributed by atoms with Gasteiger partial charge < -0.3 is 9.80 Å². The molecule has 10 heteroatoms. The number of carbonyl (C=O) groups is 3. The van der Waals surface area contributed by atoms with E-state index in [1.54, 1.807) is 29.3 Å². The molecule has 2 aliphatic heterocycles. The predicted octanol–water partition coefficient (Wildman–Crippen LogP) is -1.35. The number of hydrogen-bond donors (Lipinski definition) is 1. The van der Waals surface area contributed by atoms with Crippen LogP contribution in [0.25, 0.3) is 5.65 Å². The van der Waals surface area contributed by atoms with E-state index < -0.39 is 12.1 Å². The fourth-order valence-electron chi connectivity index (χ4n) is 3.21. The van der Waals surface area contributed by atoms with E-state index in [1.807, 2.05) is 0 Å². The van der Waals surface area contributed by atoms with Gasteiger partial charge in [-0.1, -0.05) is 6.07 Å². The summed E-state index contributed by atoms with van der Waals surface area (Å²) in [5, 5.41) is 6.43. The first kappa shape index (κ1) is 15.4. The van der Waals surface area contributed by atoms with Gasteiger partial charge in [0.2, 0.25) is 5.91 Å². The number of nitrogens with one attached hydrogen (secondary N) is 1. The van der Waals surface area contributed by atoms with Crippen LogP contribution >= 0.6 is 0 Å². The van der Waals surface area contributed by atoms with Gasteiger partial charge in [0.1, 0.15) is 6.04 Å². The maximum atomic E-state index is 12.4. The number of hydrogen-bond acceptors (Lipinski definition) is 5. The first-order chi connectivity index (χ1) is 12.0. The average Bonchev–Trinajstić information content (AvgIpc) is 3.09. The molecule has 4 amide bonds. The Morgan fingerprint density at radius 3 is 2.88 bits per heavy atom. The van der Waals surface area contributed by atoms with Crippen LogP contribution in [0.2, 0.25) is 0 Å². The number of urea groups is 1. The number of imide groups is 1. The largest absolute Gasteiger partial charge is 0.350 e. The zero-order valence-electron chi connectivity index (χ0n) is 13.3. The standard InChI is InChI=1S/C15H16N6O4/c22-12(18-7-8-19-10(9-18)13(23)16-14(19)24)4-6-21-15(25)20-5-2-1-3-11(20)17-21/h1-3,5,10H,4,6-9H2,(H,16,23,24). The molecule has 1 unspecified atom stereocenters. The predicted molar refractivity (Wildman–Crippen MR) is 84.7 cm³/mol. The number of amides is 4. The van der Waals surface area contributed by atoms with Crippen molar-refractivity contribution in [3.63, 3.8) is 0 Å². The number of aromatic nitrogens is 3. The maximum absolute atomic E-state index is 12.4. The Morgan fingerprint density at radius 1 is 1.24 bits per heavy atom. The second kappa shape index (κ2) is 5.72. The van der Waals surface area contributed by atoms with Crippen molar-refractivity contribution >= 4 is 23.5 Å². The van der Waals surface area contributed by atoms with Crippen LogP contribution in [0.1, 0.15) is 6.42 Å². The molecule has 10 nitrogen and oxygen atoms in total. The number of pyridine rings is 1. The Hall–Kier alpha value is -3.17. The van der Waals surface area contributed by atoms with Crippen LogP contribution in [0.4, 0.5) is 4.79 Å². The molecule has 0 bridgehead atoms. The summed E-state index contributed by atoms with van der Waals surface area (Å²) in [7, 11) is 0. The van der Waals surface area contributed by atoms with Crippen LogP contribution in [-0.2, 0) is 16.1 Å². The van der Waals surface area contributed by atoms with Crippen molar-refractivity contribution in [3.05, 3.63) is 34.9 Å². The lowest BCUT2D eigenvalue weighted by Crippen LogP contribution is -2.54. The summed E-state index contributed by atoms with van der Waals surface area (Å²) in [6, 6.07) is 4.21. The molecule has 0 aromatic carbocycles. The lowest BCUT2D eigenvalue weighted by atomic mass is 10.2. The smallest absolute Gasteiger partial charge is 0.338 e. The van der Waals surface area contributed by atoms with Crippen molar-refractivity contribution in [1.82, 2.24) is 29.3 Å². The van der Waals surface area contributed by atoms with E-state index in [4.69, 9.17) is 0 Å². The van der Waals surface area contributed by atoms with Crippen LogP contribution in [0.5, 0.6) is 0 Å². The Labute approximate surface area is 141 Å². The third kappa shape index (κ3) is 2.55. The molecule has 2 aliphatic rings. The number of nitrogens with zero attached hydrogens (tertiary/aromatic N) is 5. The molecule has 2 aromatic heterocycles. The van der Waals surface area contributed by atoms with Gasteiger partial charge in [0, 0.05) is 25.7 Å². The minimum absolute atomic E-state index is 0.103. The molecule has 2 fully saturated rings. The third-order valence-electron chi connectivity index (χ3n) is 4.55. The molecule has 130 valence electrons. The van der Waals surface area contributed by atoms with E-state index in [9.17, 15) is 19.2 Å². The first-order valence-corrected chi connectivity index (χ1v) is 7.98. The van der Waals surface area contributed by atoms with Gasteiger partial charge in [-0.3, -0.25) is 19.3 Å². The van der Waals surface area contributed by atoms with Crippen molar-refractivity contribution in [2.24, 2.45) is 0 Å². The molecule has 0 aliphatic carbocycles. The van der Waals surface area contributed by atoms with Gasteiger partial charge in [0.15, 0.2) is 5.65 Å². The Kier molecular flexibility index (Phi) is 3.52. The van der Waals surface area contributed by atoms with Crippen molar-refractivity contribution in [3.8, 4) is 0 Å². The molecule has 25 heavy (non-hydrogen) atoms. The second-order valence-corrected chi connectivity index (χ2v) is 6.03. The SMILES string of the molecule is O=C1NC(=O)N2CCN(C(=O)CCn3nc4ccccn4c3=O)CC12. The van der Waals surface area contributed by atoms with Crippen molar-refractivity contribution in [2.45, 2.75) is 19.0 Å². The number of piperazine rings is 1. The van der Waals surface area contributed by atoms with Crippen LogP contribution in [-0.4, -0.2) is 67.5 Å². The topological polar surface area (TPSA) is 109 Å². The molecule has 2 saturated heterocycles. The molecule has 1 atom stereocenters. The lowest BCUT2D eigenvalue weighted by Gasteiger charge is -2.35. The normalized spacial score (nSPS) is 20.1.